The molecule has 2 heterocycles. The maximum atomic E-state index is 12.5. The fourth-order valence-corrected chi connectivity index (χ4v) is 4.17. The topological polar surface area (TPSA) is 58.6 Å². The molecule has 0 N–H and O–H groups in total. The zero-order chi connectivity index (χ0) is 23.3. The summed E-state index contributed by atoms with van der Waals surface area (Å²) >= 11 is 0. The lowest BCUT2D eigenvalue weighted by atomic mass is 10.0. The van der Waals surface area contributed by atoms with Crippen molar-refractivity contribution in [2.24, 2.45) is 5.92 Å². The van der Waals surface area contributed by atoms with Crippen molar-refractivity contribution >= 4 is 11.7 Å². The maximum absolute atomic E-state index is 12.5. The first-order chi connectivity index (χ1) is 15.3. The number of hydrogen-bond acceptors (Lipinski definition) is 5. The molecule has 0 saturated carbocycles. The van der Waals surface area contributed by atoms with Crippen molar-refractivity contribution in [2.45, 2.75) is 60.0 Å². The Hall–Kier alpha value is -2.47. The Morgan fingerprint density at radius 2 is 1.84 bits per heavy atom. The van der Waals surface area contributed by atoms with Gasteiger partial charge in [-0.1, -0.05) is 57.5 Å². The quantitative estimate of drug-likeness (QED) is 0.614. The second-order valence-corrected chi connectivity index (χ2v) is 9.21. The van der Waals surface area contributed by atoms with Gasteiger partial charge in [-0.3, -0.25) is 4.79 Å². The van der Waals surface area contributed by atoms with Crippen LogP contribution in [0.5, 0.6) is 0 Å². The molecule has 0 unspecified atom stereocenters. The summed E-state index contributed by atoms with van der Waals surface area (Å²) in [5, 5.41) is 0. The van der Waals surface area contributed by atoms with Gasteiger partial charge < -0.3 is 14.5 Å². The minimum atomic E-state index is 0.0304. The van der Waals surface area contributed by atoms with E-state index in [1.54, 1.807) is 7.11 Å². The van der Waals surface area contributed by atoms with E-state index < -0.39 is 0 Å². The molecule has 0 radical (unpaired) electrons. The maximum Gasteiger partial charge on any atom is 0.225 e. The summed E-state index contributed by atoms with van der Waals surface area (Å²) in [6, 6.07) is 8.61. The Bertz CT molecular complexity index is 920. The number of carbonyl (C=O) groups is 1. The molecule has 1 aliphatic rings. The van der Waals surface area contributed by atoms with Crippen molar-refractivity contribution in [3.8, 4) is 0 Å². The number of methoxy groups -OCH3 is 1. The van der Waals surface area contributed by atoms with Gasteiger partial charge in [0.2, 0.25) is 5.91 Å². The molecule has 0 bridgehead atoms. The Morgan fingerprint density at radius 1 is 1.12 bits per heavy atom. The van der Waals surface area contributed by atoms with Crippen LogP contribution in [-0.2, 0) is 22.6 Å². The van der Waals surface area contributed by atoms with Gasteiger partial charge >= 0.3 is 0 Å². The molecular weight excluding hydrogens is 400 g/mol. The van der Waals surface area contributed by atoms with Crippen LogP contribution in [-0.4, -0.2) is 54.1 Å². The SMILES string of the molecule is CC[C@@H](C)c1nc(COC)c(Cc2cccc(C)c2)c(N2CCN(C(=O)C(C)C)CC2)n1. The summed E-state index contributed by atoms with van der Waals surface area (Å²) in [6.07, 6.45) is 1.75. The molecule has 174 valence electrons. The lowest BCUT2D eigenvalue weighted by Crippen LogP contribution is -2.50. The van der Waals surface area contributed by atoms with Gasteiger partial charge in [0.1, 0.15) is 11.6 Å². The Kier molecular flexibility index (Phi) is 8.24. The molecule has 1 amide bonds. The van der Waals surface area contributed by atoms with Crippen molar-refractivity contribution in [3.63, 3.8) is 0 Å². The molecule has 1 saturated heterocycles. The zero-order valence-corrected chi connectivity index (χ0v) is 20.5. The van der Waals surface area contributed by atoms with Crippen LogP contribution in [0, 0.1) is 12.8 Å². The second kappa shape index (κ2) is 10.9. The van der Waals surface area contributed by atoms with Gasteiger partial charge in [0, 0.05) is 57.1 Å². The normalized spacial score (nSPS) is 15.3. The van der Waals surface area contributed by atoms with Gasteiger partial charge in [-0.25, -0.2) is 9.97 Å². The average molecular weight is 439 g/mol. The Labute approximate surface area is 193 Å². The fourth-order valence-electron chi connectivity index (χ4n) is 4.17. The number of ether oxygens (including phenoxy) is 1. The summed E-state index contributed by atoms with van der Waals surface area (Å²) in [5.41, 5.74) is 4.59. The lowest BCUT2D eigenvalue weighted by Gasteiger charge is -2.37. The molecule has 32 heavy (non-hydrogen) atoms. The zero-order valence-electron chi connectivity index (χ0n) is 20.5. The fraction of sp³-hybridized carbons (Fsp3) is 0.577. The first-order valence-electron chi connectivity index (χ1n) is 11.8. The van der Waals surface area contributed by atoms with Crippen LogP contribution in [0.2, 0.25) is 0 Å². The van der Waals surface area contributed by atoms with E-state index in [4.69, 9.17) is 14.7 Å². The van der Waals surface area contributed by atoms with Gasteiger partial charge in [0.15, 0.2) is 0 Å². The van der Waals surface area contributed by atoms with Crippen LogP contribution >= 0.6 is 0 Å². The third-order valence-electron chi connectivity index (χ3n) is 6.27. The van der Waals surface area contributed by atoms with E-state index in [0.717, 1.165) is 61.9 Å². The van der Waals surface area contributed by atoms with Crippen molar-refractivity contribution < 1.29 is 9.53 Å². The molecule has 1 aromatic carbocycles. The highest BCUT2D eigenvalue weighted by Crippen LogP contribution is 2.29. The highest BCUT2D eigenvalue weighted by Gasteiger charge is 2.27. The number of benzene rings is 1. The summed E-state index contributed by atoms with van der Waals surface area (Å²) in [5.74, 6) is 2.42. The molecule has 0 spiro atoms. The van der Waals surface area contributed by atoms with Gasteiger partial charge in [0.25, 0.3) is 0 Å². The van der Waals surface area contributed by atoms with E-state index >= 15 is 0 Å². The smallest absolute Gasteiger partial charge is 0.225 e. The highest BCUT2D eigenvalue weighted by molar-refractivity contribution is 5.78. The van der Waals surface area contributed by atoms with Gasteiger partial charge in [0.05, 0.1) is 12.3 Å². The molecule has 1 aromatic heterocycles. The number of carbonyl (C=O) groups excluding carboxylic acids is 1. The van der Waals surface area contributed by atoms with E-state index in [1.807, 2.05) is 18.7 Å². The summed E-state index contributed by atoms with van der Waals surface area (Å²) in [4.78, 5) is 26.8. The van der Waals surface area contributed by atoms with E-state index in [-0.39, 0.29) is 17.7 Å². The van der Waals surface area contributed by atoms with Crippen molar-refractivity contribution in [2.75, 3.05) is 38.2 Å². The van der Waals surface area contributed by atoms with Crippen LogP contribution in [0.15, 0.2) is 24.3 Å². The van der Waals surface area contributed by atoms with Crippen LogP contribution in [0.1, 0.15) is 68.2 Å². The van der Waals surface area contributed by atoms with Crippen molar-refractivity contribution in [1.82, 2.24) is 14.9 Å². The van der Waals surface area contributed by atoms with E-state index in [1.165, 1.54) is 11.1 Å². The van der Waals surface area contributed by atoms with E-state index in [9.17, 15) is 4.79 Å². The minimum absolute atomic E-state index is 0.0304. The predicted octanol–water partition coefficient (Wildman–Crippen LogP) is 4.34. The molecule has 6 heteroatoms. The largest absolute Gasteiger partial charge is 0.378 e. The molecule has 3 rings (SSSR count). The average Bonchev–Trinajstić information content (AvgIpc) is 2.79. The molecule has 1 aliphatic heterocycles. The minimum Gasteiger partial charge on any atom is -0.378 e. The number of hydrogen-bond donors (Lipinski definition) is 0. The van der Waals surface area contributed by atoms with Gasteiger partial charge in [-0.05, 0) is 18.9 Å². The van der Waals surface area contributed by atoms with Crippen molar-refractivity contribution in [1.29, 1.82) is 0 Å². The third-order valence-corrected chi connectivity index (χ3v) is 6.27. The van der Waals surface area contributed by atoms with E-state index in [0.29, 0.717) is 6.61 Å². The van der Waals surface area contributed by atoms with Crippen molar-refractivity contribution in [3.05, 3.63) is 52.5 Å². The summed E-state index contributed by atoms with van der Waals surface area (Å²) < 4.78 is 5.55. The number of piperazine rings is 1. The Balaban J connectivity index is 1.99. The lowest BCUT2D eigenvalue weighted by molar-refractivity contribution is -0.134. The summed E-state index contributed by atoms with van der Waals surface area (Å²) in [7, 11) is 1.72. The number of anilines is 1. The van der Waals surface area contributed by atoms with Crippen LogP contribution < -0.4 is 4.90 Å². The molecule has 1 fully saturated rings. The number of rotatable bonds is 8. The molecule has 1 atom stereocenters. The monoisotopic (exact) mass is 438 g/mol. The number of aryl methyl sites for hydroxylation is 1. The molecule has 2 aromatic rings. The Morgan fingerprint density at radius 3 is 2.44 bits per heavy atom. The third kappa shape index (κ3) is 5.66. The van der Waals surface area contributed by atoms with Crippen LogP contribution in [0.4, 0.5) is 5.82 Å². The highest BCUT2D eigenvalue weighted by atomic mass is 16.5. The molecule has 0 aliphatic carbocycles. The first kappa shape index (κ1) is 24.2. The molecule has 6 nitrogen and oxygen atoms in total. The second-order valence-electron chi connectivity index (χ2n) is 9.21. The van der Waals surface area contributed by atoms with Crippen LogP contribution in [0.3, 0.4) is 0 Å². The predicted molar refractivity (Wildman–Crippen MR) is 129 cm³/mol. The number of aromatic nitrogens is 2. The number of nitrogens with zero attached hydrogens (tertiary/aromatic N) is 4. The summed E-state index contributed by atoms with van der Waals surface area (Å²) in [6.45, 7) is 13.9. The van der Waals surface area contributed by atoms with Gasteiger partial charge in [-0.2, -0.15) is 0 Å². The van der Waals surface area contributed by atoms with E-state index in [2.05, 4.69) is 49.9 Å². The molecular formula is C26H38N4O2. The van der Waals surface area contributed by atoms with Crippen LogP contribution in [0.25, 0.3) is 0 Å². The first-order valence-corrected chi connectivity index (χ1v) is 11.8. The van der Waals surface area contributed by atoms with Gasteiger partial charge in [-0.15, -0.1) is 0 Å². The number of amides is 1. The standard InChI is InChI=1S/C26H38N4O2/c1-7-20(5)24-27-23(17-32-6)22(16-21-10-8-9-19(4)15-21)25(28-24)29-11-13-30(14-12-29)26(31)18(2)3/h8-10,15,18,20H,7,11-14,16-17H2,1-6H3/t20-/m1/s1.